The first kappa shape index (κ1) is 16.2. The molecule has 0 fully saturated rings. The second-order valence-corrected chi connectivity index (χ2v) is 5.34. The molecule has 0 aliphatic heterocycles. The number of carboxylic acid groups (broad SMARTS) is 1. The van der Waals surface area contributed by atoms with Crippen molar-refractivity contribution in [2.24, 2.45) is 5.73 Å². The molecule has 0 saturated carbocycles. The SMILES string of the molecule is NCc1ccc(C(O)c2ccc(CCCC(=O)O)cc2)cc1. The van der Waals surface area contributed by atoms with Gasteiger partial charge in [-0.25, -0.2) is 0 Å². The normalized spacial score (nSPS) is 12.1. The molecular formula is C18H21NO3. The van der Waals surface area contributed by atoms with Crippen LogP contribution in [0.4, 0.5) is 0 Å². The Morgan fingerprint density at radius 1 is 0.955 bits per heavy atom. The van der Waals surface area contributed by atoms with E-state index in [4.69, 9.17) is 10.8 Å². The van der Waals surface area contributed by atoms with Crippen molar-refractivity contribution in [3.8, 4) is 0 Å². The summed E-state index contributed by atoms with van der Waals surface area (Å²) in [5, 5.41) is 19.0. The molecule has 0 radical (unpaired) electrons. The molecule has 1 atom stereocenters. The Balaban J connectivity index is 2.00. The number of hydrogen-bond donors (Lipinski definition) is 3. The van der Waals surface area contributed by atoms with Gasteiger partial charge in [-0.15, -0.1) is 0 Å². The molecule has 0 amide bonds. The van der Waals surface area contributed by atoms with Gasteiger partial charge in [-0.2, -0.15) is 0 Å². The van der Waals surface area contributed by atoms with E-state index in [0.29, 0.717) is 13.0 Å². The van der Waals surface area contributed by atoms with E-state index in [-0.39, 0.29) is 6.42 Å². The molecule has 0 aromatic heterocycles. The first-order chi connectivity index (χ1) is 10.6. The lowest BCUT2D eigenvalue weighted by Crippen LogP contribution is -2.02. The van der Waals surface area contributed by atoms with Crippen molar-refractivity contribution in [3.63, 3.8) is 0 Å². The Bertz CT molecular complexity index is 605. The highest BCUT2D eigenvalue weighted by Gasteiger charge is 2.10. The molecule has 4 heteroatoms. The first-order valence-electron chi connectivity index (χ1n) is 7.37. The quantitative estimate of drug-likeness (QED) is 0.734. The zero-order valence-corrected chi connectivity index (χ0v) is 12.4. The number of aryl methyl sites for hydroxylation is 1. The maximum Gasteiger partial charge on any atom is 0.303 e. The van der Waals surface area contributed by atoms with E-state index < -0.39 is 12.1 Å². The van der Waals surface area contributed by atoms with E-state index >= 15 is 0 Å². The second kappa shape index (κ2) is 7.73. The van der Waals surface area contributed by atoms with Gasteiger partial charge >= 0.3 is 5.97 Å². The summed E-state index contributed by atoms with van der Waals surface area (Å²) >= 11 is 0. The first-order valence-corrected chi connectivity index (χ1v) is 7.37. The maximum absolute atomic E-state index is 10.5. The molecule has 0 spiro atoms. The van der Waals surface area contributed by atoms with Gasteiger partial charge in [-0.05, 0) is 35.1 Å². The highest BCUT2D eigenvalue weighted by molar-refractivity contribution is 5.66. The van der Waals surface area contributed by atoms with E-state index in [0.717, 1.165) is 28.7 Å². The highest BCUT2D eigenvalue weighted by Crippen LogP contribution is 2.23. The van der Waals surface area contributed by atoms with Crippen LogP contribution in [0, 0.1) is 0 Å². The van der Waals surface area contributed by atoms with Crippen LogP contribution >= 0.6 is 0 Å². The van der Waals surface area contributed by atoms with Crippen molar-refractivity contribution < 1.29 is 15.0 Å². The van der Waals surface area contributed by atoms with Crippen molar-refractivity contribution in [1.29, 1.82) is 0 Å². The van der Waals surface area contributed by atoms with Gasteiger partial charge in [-0.1, -0.05) is 48.5 Å². The summed E-state index contributed by atoms with van der Waals surface area (Å²) in [5.41, 5.74) is 9.33. The van der Waals surface area contributed by atoms with Gasteiger partial charge in [0.05, 0.1) is 0 Å². The van der Waals surface area contributed by atoms with Crippen molar-refractivity contribution in [2.45, 2.75) is 31.9 Å². The summed E-state index contributed by atoms with van der Waals surface area (Å²) in [7, 11) is 0. The molecule has 4 nitrogen and oxygen atoms in total. The van der Waals surface area contributed by atoms with Crippen LogP contribution in [0.25, 0.3) is 0 Å². The molecule has 22 heavy (non-hydrogen) atoms. The Labute approximate surface area is 130 Å². The average Bonchev–Trinajstić information content (AvgIpc) is 2.54. The van der Waals surface area contributed by atoms with E-state index in [2.05, 4.69) is 0 Å². The smallest absolute Gasteiger partial charge is 0.303 e. The number of benzene rings is 2. The minimum absolute atomic E-state index is 0.178. The van der Waals surface area contributed by atoms with E-state index in [1.807, 2.05) is 48.5 Å². The number of carbonyl (C=O) groups is 1. The van der Waals surface area contributed by atoms with Crippen molar-refractivity contribution in [2.75, 3.05) is 0 Å². The summed E-state index contributed by atoms with van der Waals surface area (Å²) in [6.45, 7) is 0.488. The molecule has 2 aromatic carbocycles. The number of aliphatic hydroxyl groups excluding tert-OH is 1. The summed E-state index contributed by atoms with van der Waals surface area (Å²) in [6, 6.07) is 15.2. The standard InChI is InChI=1S/C18H21NO3/c19-12-14-6-10-16(11-7-14)18(22)15-8-4-13(5-9-15)2-1-3-17(20)21/h4-11,18,22H,1-3,12,19H2,(H,20,21). The molecule has 0 bridgehead atoms. The third-order valence-electron chi connectivity index (χ3n) is 3.68. The summed E-state index contributed by atoms with van der Waals surface area (Å²) < 4.78 is 0. The third-order valence-corrected chi connectivity index (χ3v) is 3.68. The summed E-state index contributed by atoms with van der Waals surface area (Å²) in [5.74, 6) is -0.770. The molecule has 1 unspecified atom stereocenters. The van der Waals surface area contributed by atoms with Gasteiger partial charge in [0.2, 0.25) is 0 Å². The lowest BCUT2D eigenvalue weighted by atomic mass is 9.98. The monoisotopic (exact) mass is 299 g/mol. The Morgan fingerprint density at radius 3 is 1.91 bits per heavy atom. The molecule has 0 heterocycles. The van der Waals surface area contributed by atoms with Gasteiger partial charge in [0.15, 0.2) is 0 Å². The molecule has 2 rings (SSSR count). The van der Waals surface area contributed by atoms with Crippen molar-refractivity contribution in [3.05, 3.63) is 70.8 Å². The number of aliphatic hydroxyl groups is 1. The van der Waals surface area contributed by atoms with Gasteiger partial charge in [0.25, 0.3) is 0 Å². The van der Waals surface area contributed by atoms with Crippen LogP contribution in [0.5, 0.6) is 0 Å². The second-order valence-electron chi connectivity index (χ2n) is 5.34. The zero-order chi connectivity index (χ0) is 15.9. The van der Waals surface area contributed by atoms with E-state index in [1.54, 1.807) is 0 Å². The lowest BCUT2D eigenvalue weighted by Gasteiger charge is -2.12. The largest absolute Gasteiger partial charge is 0.481 e. The number of hydrogen-bond acceptors (Lipinski definition) is 3. The number of nitrogens with two attached hydrogens (primary N) is 1. The Morgan fingerprint density at radius 2 is 1.45 bits per heavy atom. The van der Waals surface area contributed by atoms with Crippen LogP contribution in [0.3, 0.4) is 0 Å². The zero-order valence-electron chi connectivity index (χ0n) is 12.4. The lowest BCUT2D eigenvalue weighted by molar-refractivity contribution is -0.137. The minimum Gasteiger partial charge on any atom is -0.481 e. The topological polar surface area (TPSA) is 83.5 Å². The molecule has 2 aromatic rings. The Hall–Kier alpha value is -2.17. The highest BCUT2D eigenvalue weighted by atomic mass is 16.4. The third kappa shape index (κ3) is 4.41. The fraction of sp³-hybridized carbons (Fsp3) is 0.278. The molecular weight excluding hydrogens is 278 g/mol. The van der Waals surface area contributed by atoms with Crippen LogP contribution < -0.4 is 5.73 Å². The molecule has 4 N–H and O–H groups in total. The maximum atomic E-state index is 10.5. The minimum atomic E-state index is -0.770. The van der Waals surface area contributed by atoms with E-state index in [9.17, 15) is 9.90 Å². The van der Waals surface area contributed by atoms with Crippen molar-refractivity contribution in [1.82, 2.24) is 0 Å². The van der Waals surface area contributed by atoms with Crippen LogP contribution in [0.2, 0.25) is 0 Å². The van der Waals surface area contributed by atoms with Crippen LogP contribution in [-0.4, -0.2) is 16.2 Å². The fourth-order valence-electron chi connectivity index (χ4n) is 2.34. The molecule has 0 aliphatic carbocycles. The van der Waals surface area contributed by atoms with Gasteiger partial charge in [0.1, 0.15) is 6.10 Å². The predicted molar refractivity (Wildman–Crippen MR) is 85.4 cm³/mol. The number of aliphatic carboxylic acids is 1. The fourth-order valence-corrected chi connectivity index (χ4v) is 2.34. The molecule has 0 aliphatic rings. The molecule has 116 valence electrons. The van der Waals surface area contributed by atoms with E-state index in [1.165, 1.54) is 0 Å². The van der Waals surface area contributed by atoms with Crippen LogP contribution in [-0.2, 0) is 17.8 Å². The average molecular weight is 299 g/mol. The summed E-state index contributed by atoms with van der Waals surface area (Å²) in [4.78, 5) is 10.5. The number of carboxylic acids is 1. The number of rotatable bonds is 7. The molecule has 0 saturated heterocycles. The van der Waals surface area contributed by atoms with Gasteiger partial charge in [-0.3, -0.25) is 4.79 Å². The van der Waals surface area contributed by atoms with Gasteiger partial charge in [0, 0.05) is 13.0 Å². The van der Waals surface area contributed by atoms with Crippen LogP contribution in [0.1, 0.15) is 41.2 Å². The predicted octanol–water partition coefficient (Wildman–Crippen LogP) is 2.63. The Kier molecular flexibility index (Phi) is 5.69. The van der Waals surface area contributed by atoms with Crippen LogP contribution in [0.15, 0.2) is 48.5 Å². The summed E-state index contributed by atoms with van der Waals surface area (Å²) in [6.07, 6.45) is 0.865. The van der Waals surface area contributed by atoms with Crippen molar-refractivity contribution >= 4 is 5.97 Å². The van der Waals surface area contributed by atoms with Gasteiger partial charge < -0.3 is 15.9 Å².